The highest BCUT2D eigenvalue weighted by Crippen LogP contribution is 2.21. The van der Waals surface area contributed by atoms with Crippen LogP contribution in [0.4, 0.5) is 5.69 Å². The average Bonchev–Trinajstić information content (AvgIpc) is 2.31. The van der Waals surface area contributed by atoms with Crippen LogP contribution in [0.1, 0.15) is 10.4 Å². The van der Waals surface area contributed by atoms with Gasteiger partial charge in [-0.1, -0.05) is 11.6 Å². The van der Waals surface area contributed by atoms with Gasteiger partial charge in [-0.2, -0.15) is 0 Å². The van der Waals surface area contributed by atoms with E-state index < -0.39 is 5.91 Å². The van der Waals surface area contributed by atoms with Crippen LogP contribution in [0.25, 0.3) is 0 Å². The van der Waals surface area contributed by atoms with Gasteiger partial charge in [-0.25, -0.2) is 0 Å². The van der Waals surface area contributed by atoms with Crippen LogP contribution < -0.4 is 5.32 Å². The summed E-state index contributed by atoms with van der Waals surface area (Å²) in [5, 5.41) is 21.8. The second-order valence-electron chi connectivity index (χ2n) is 3.70. The first-order chi connectivity index (χ1) is 8.54. The third kappa shape index (κ3) is 2.93. The molecule has 2 aromatic carbocycles. The Bertz CT molecular complexity index is 561. The molecule has 0 aliphatic rings. The topological polar surface area (TPSA) is 69.6 Å². The summed E-state index contributed by atoms with van der Waals surface area (Å²) in [5.74, 6) is -0.768. The van der Waals surface area contributed by atoms with E-state index in [1.54, 1.807) is 24.3 Å². The number of rotatable bonds is 2. The summed E-state index contributed by atoms with van der Waals surface area (Å²) in [4.78, 5) is 11.8. The van der Waals surface area contributed by atoms with Crippen LogP contribution in [-0.4, -0.2) is 16.1 Å². The molecule has 0 unspecified atom stereocenters. The van der Waals surface area contributed by atoms with Gasteiger partial charge in [-0.3, -0.25) is 4.79 Å². The lowest BCUT2D eigenvalue weighted by atomic mass is 10.2. The number of phenols is 2. The molecule has 3 N–H and O–H groups in total. The Kier molecular flexibility index (Phi) is 3.39. The van der Waals surface area contributed by atoms with E-state index in [1.165, 1.54) is 12.1 Å². The molecule has 2 rings (SSSR count). The number of carbonyl (C=O) groups excluding carboxylic acids is 1. The third-order valence-corrected chi connectivity index (χ3v) is 2.52. The van der Waals surface area contributed by atoms with Gasteiger partial charge in [-0.05, 0) is 36.4 Å². The molecule has 0 atom stereocenters. The van der Waals surface area contributed by atoms with Crippen LogP contribution in [0.5, 0.6) is 11.5 Å². The average molecular weight is 264 g/mol. The molecule has 0 radical (unpaired) electrons. The molecule has 0 aromatic heterocycles. The number of hydrogen-bond acceptors (Lipinski definition) is 3. The fourth-order valence-corrected chi connectivity index (χ4v) is 1.59. The van der Waals surface area contributed by atoms with Crippen LogP contribution in [-0.2, 0) is 0 Å². The summed E-state index contributed by atoms with van der Waals surface area (Å²) >= 11 is 5.73. The molecule has 0 spiro atoms. The number of amides is 1. The molecule has 0 saturated heterocycles. The molecule has 0 fully saturated rings. The fraction of sp³-hybridized carbons (Fsp3) is 0. The number of hydrogen-bond donors (Lipinski definition) is 3. The van der Waals surface area contributed by atoms with Crippen LogP contribution in [0.2, 0.25) is 5.02 Å². The molecule has 1 amide bonds. The quantitative estimate of drug-likeness (QED) is 0.780. The minimum absolute atomic E-state index is 0.169. The van der Waals surface area contributed by atoms with Crippen LogP contribution >= 0.6 is 11.6 Å². The highest BCUT2D eigenvalue weighted by Gasteiger charge is 2.08. The van der Waals surface area contributed by atoms with Gasteiger partial charge in [0.2, 0.25) is 0 Å². The van der Waals surface area contributed by atoms with Crippen molar-refractivity contribution >= 4 is 23.2 Å². The summed E-state index contributed by atoms with van der Waals surface area (Å²) in [6.07, 6.45) is 0. The summed E-state index contributed by atoms with van der Waals surface area (Å²) in [5.41, 5.74) is 0.745. The highest BCUT2D eigenvalue weighted by molar-refractivity contribution is 6.30. The lowest BCUT2D eigenvalue weighted by molar-refractivity contribution is 0.102. The number of nitrogens with one attached hydrogen (secondary N) is 1. The van der Waals surface area contributed by atoms with E-state index in [1.807, 2.05) is 0 Å². The van der Waals surface area contributed by atoms with E-state index in [9.17, 15) is 15.0 Å². The summed E-state index contributed by atoms with van der Waals surface area (Å²) < 4.78 is 0. The normalized spacial score (nSPS) is 10.1. The Morgan fingerprint density at radius 1 is 1.00 bits per heavy atom. The van der Waals surface area contributed by atoms with Crippen molar-refractivity contribution in [3.05, 3.63) is 53.1 Å². The molecule has 0 aliphatic carbocycles. The first-order valence-corrected chi connectivity index (χ1v) is 5.52. The number of carbonyl (C=O) groups is 1. The second-order valence-corrected chi connectivity index (χ2v) is 4.14. The highest BCUT2D eigenvalue weighted by atomic mass is 35.5. The molecule has 2 aromatic rings. The molecule has 0 aliphatic heterocycles. The SMILES string of the molecule is O=C(Nc1ccc(Cl)cc1)c1cc(O)cc(O)c1. The first kappa shape index (κ1) is 12.3. The van der Waals surface area contributed by atoms with Crippen molar-refractivity contribution in [2.24, 2.45) is 0 Å². The van der Waals surface area contributed by atoms with E-state index in [0.717, 1.165) is 6.07 Å². The van der Waals surface area contributed by atoms with Crippen LogP contribution in [0.3, 0.4) is 0 Å². The first-order valence-electron chi connectivity index (χ1n) is 5.14. The van der Waals surface area contributed by atoms with Gasteiger partial charge >= 0.3 is 0 Å². The summed E-state index contributed by atoms with van der Waals surface area (Å²) in [7, 11) is 0. The zero-order valence-electron chi connectivity index (χ0n) is 9.22. The summed E-state index contributed by atoms with van der Waals surface area (Å²) in [6.45, 7) is 0. The van der Waals surface area contributed by atoms with Gasteiger partial charge in [-0.15, -0.1) is 0 Å². The van der Waals surface area contributed by atoms with Gasteiger partial charge in [0.1, 0.15) is 11.5 Å². The summed E-state index contributed by atoms with van der Waals surface area (Å²) in [6, 6.07) is 10.3. The maximum atomic E-state index is 11.8. The predicted octanol–water partition coefficient (Wildman–Crippen LogP) is 3.00. The number of halogens is 1. The smallest absolute Gasteiger partial charge is 0.255 e. The number of phenolic OH excluding ortho intramolecular Hbond substituents is 2. The largest absolute Gasteiger partial charge is 0.508 e. The van der Waals surface area contributed by atoms with Gasteiger partial charge in [0.25, 0.3) is 5.91 Å². The van der Waals surface area contributed by atoms with Gasteiger partial charge in [0.05, 0.1) is 0 Å². The predicted molar refractivity (Wildman–Crippen MR) is 69.2 cm³/mol. The maximum Gasteiger partial charge on any atom is 0.255 e. The van der Waals surface area contributed by atoms with Gasteiger partial charge in [0.15, 0.2) is 0 Å². The van der Waals surface area contributed by atoms with E-state index in [-0.39, 0.29) is 17.1 Å². The molecule has 0 saturated carbocycles. The van der Waals surface area contributed by atoms with Gasteiger partial charge in [0, 0.05) is 22.3 Å². The van der Waals surface area contributed by atoms with E-state index in [4.69, 9.17) is 11.6 Å². The van der Waals surface area contributed by atoms with Crippen molar-refractivity contribution in [1.29, 1.82) is 0 Å². The Morgan fingerprint density at radius 2 is 1.56 bits per heavy atom. The van der Waals surface area contributed by atoms with Crippen LogP contribution in [0, 0.1) is 0 Å². The second kappa shape index (κ2) is 4.98. The number of benzene rings is 2. The molecule has 0 heterocycles. The van der Waals surface area contributed by atoms with E-state index >= 15 is 0 Å². The van der Waals surface area contributed by atoms with Crippen LogP contribution in [0.15, 0.2) is 42.5 Å². The van der Waals surface area contributed by atoms with Crippen molar-refractivity contribution in [3.63, 3.8) is 0 Å². The molecule has 92 valence electrons. The van der Waals surface area contributed by atoms with Crippen molar-refractivity contribution in [2.75, 3.05) is 5.32 Å². The maximum absolute atomic E-state index is 11.8. The van der Waals surface area contributed by atoms with E-state index in [0.29, 0.717) is 10.7 Å². The third-order valence-electron chi connectivity index (χ3n) is 2.27. The molecule has 5 heteroatoms. The molecule has 0 bridgehead atoms. The lowest BCUT2D eigenvalue weighted by Gasteiger charge is -2.06. The molecule has 18 heavy (non-hydrogen) atoms. The number of aromatic hydroxyl groups is 2. The fourth-order valence-electron chi connectivity index (χ4n) is 1.46. The monoisotopic (exact) mass is 263 g/mol. The zero-order chi connectivity index (χ0) is 13.1. The van der Waals surface area contributed by atoms with Crippen molar-refractivity contribution in [2.45, 2.75) is 0 Å². The number of anilines is 1. The molecular formula is C13H10ClNO3. The van der Waals surface area contributed by atoms with Crippen molar-refractivity contribution < 1.29 is 15.0 Å². The molecule has 4 nitrogen and oxygen atoms in total. The Labute approximate surface area is 108 Å². The zero-order valence-corrected chi connectivity index (χ0v) is 9.98. The Hall–Kier alpha value is -2.20. The Morgan fingerprint density at radius 3 is 2.11 bits per heavy atom. The lowest BCUT2D eigenvalue weighted by Crippen LogP contribution is -2.11. The Balaban J connectivity index is 2.19. The minimum Gasteiger partial charge on any atom is -0.508 e. The van der Waals surface area contributed by atoms with Crippen molar-refractivity contribution in [1.82, 2.24) is 0 Å². The van der Waals surface area contributed by atoms with Gasteiger partial charge < -0.3 is 15.5 Å². The van der Waals surface area contributed by atoms with Crippen molar-refractivity contribution in [3.8, 4) is 11.5 Å². The standard InChI is InChI=1S/C13H10ClNO3/c14-9-1-3-10(4-2-9)15-13(18)8-5-11(16)7-12(17)6-8/h1-7,16-17H,(H,15,18). The molecular weight excluding hydrogens is 254 g/mol. The van der Waals surface area contributed by atoms with E-state index in [2.05, 4.69) is 5.32 Å². The minimum atomic E-state index is -0.427.